The monoisotopic (exact) mass is 270 g/mol. The summed E-state index contributed by atoms with van der Waals surface area (Å²) in [6.45, 7) is 2.77. The van der Waals surface area contributed by atoms with E-state index in [0.29, 0.717) is 5.56 Å². The first-order valence-corrected chi connectivity index (χ1v) is 6.87. The molecule has 1 atom stereocenters. The van der Waals surface area contributed by atoms with Crippen LogP contribution in [-0.2, 0) is 13.0 Å². The van der Waals surface area contributed by atoms with Crippen LogP contribution in [0.5, 0.6) is 0 Å². The molecule has 3 rings (SSSR count). The second-order valence-electron chi connectivity index (χ2n) is 4.89. The van der Waals surface area contributed by atoms with Gasteiger partial charge < -0.3 is 10.6 Å². The van der Waals surface area contributed by atoms with E-state index in [1.165, 1.54) is 5.56 Å². The summed E-state index contributed by atoms with van der Waals surface area (Å²) in [7, 11) is 1.65. The molecule has 1 amide bonds. The van der Waals surface area contributed by atoms with Crippen molar-refractivity contribution >= 4 is 11.7 Å². The number of amides is 1. The van der Waals surface area contributed by atoms with E-state index < -0.39 is 0 Å². The summed E-state index contributed by atoms with van der Waals surface area (Å²) >= 11 is 0. The lowest BCUT2D eigenvalue weighted by atomic mass is 10.1. The second kappa shape index (κ2) is 5.00. The normalized spacial score (nSPS) is 16.6. The van der Waals surface area contributed by atoms with Crippen molar-refractivity contribution < 1.29 is 4.79 Å². The quantitative estimate of drug-likeness (QED) is 0.896. The number of anilines is 1. The van der Waals surface area contributed by atoms with Crippen molar-refractivity contribution in [3.05, 3.63) is 47.2 Å². The molecule has 104 valence electrons. The van der Waals surface area contributed by atoms with Gasteiger partial charge in [0.2, 0.25) is 0 Å². The van der Waals surface area contributed by atoms with Crippen LogP contribution < -0.4 is 10.6 Å². The Morgan fingerprint density at radius 3 is 2.85 bits per heavy atom. The van der Waals surface area contributed by atoms with E-state index >= 15 is 0 Å². The molecular weight excluding hydrogens is 252 g/mol. The molecule has 1 aliphatic heterocycles. The summed E-state index contributed by atoms with van der Waals surface area (Å²) in [5, 5.41) is 10.7. The number of hydrogen-bond acceptors (Lipinski definition) is 3. The third kappa shape index (κ3) is 1.95. The molecule has 2 N–H and O–H groups in total. The Bertz CT molecular complexity index is 633. The number of benzene rings is 1. The van der Waals surface area contributed by atoms with Gasteiger partial charge >= 0.3 is 0 Å². The number of fused-ring (bicyclic) bond motifs is 1. The average Bonchev–Trinajstić information content (AvgIpc) is 3.04. The highest BCUT2D eigenvalue weighted by molar-refractivity contribution is 6.00. The molecule has 1 aromatic heterocycles. The van der Waals surface area contributed by atoms with Crippen LogP contribution >= 0.6 is 0 Å². The van der Waals surface area contributed by atoms with E-state index in [9.17, 15) is 4.79 Å². The van der Waals surface area contributed by atoms with E-state index in [1.807, 2.05) is 29.8 Å². The molecule has 0 bridgehead atoms. The van der Waals surface area contributed by atoms with Crippen LogP contribution in [0.2, 0.25) is 0 Å². The topological polar surface area (TPSA) is 59.0 Å². The van der Waals surface area contributed by atoms with Gasteiger partial charge in [-0.25, -0.2) is 4.68 Å². The highest BCUT2D eigenvalue weighted by Gasteiger charge is 2.30. The Kier molecular flexibility index (Phi) is 3.18. The van der Waals surface area contributed by atoms with Gasteiger partial charge in [0, 0.05) is 7.05 Å². The van der Waals surface area contributed by atoms with Gasteiger partial charge in [0.05, 0.1) is 18.3 Å². The maximum Gasteiger partial charge on any atom is 0.256 e. The third-order valence-corrected chi connectivity index (χ3v) is 3.68. The molecule has 0 radical (unpaired) electrons. The lowest BCUT2D eigenvalue weighted by Crippen LogP contribution is -2.20. The maximum atomic E-state index is 12.1. The van der Waals surface area contributed by atoms with Gasteiger partial charge in [-0.3, -0.25) is 4.79 Å². The van der Waals surface area contributed by atoms with Crippen LogP contribution in [0.1, 0.15) is 34.6 Å². The predicted molar refractivity (Wildman–Crippen MR) is 77.8 cm³/mol. The smallest absolute Gasteiger partial charge is 0.256 e. The molecule has 0 saturated carbocycles. The SMILES string of the molecule is CCc1nn2c(c1C(=O)NC)N[C@@H](c1ccccc1)C2. The van der Waals surface area contributed by atoms with E-state index in [0.717, 1.165) is 24.5 Å². The van der Waals surface area contributed by atoms with Crippen molar-refractivity contribution in [2.24, 2.45) is 0 Å². The average molecular weight is 270 g/mol. The summed E-state index contributed by atoms with van der Waals surface area (Å²) in [5.41, 5.74) is 2.73. The fraction of sp³-hybridized carbons (Fsp3) is 0.333. The molecule has 1 aliphatic rings. The van der Waals surface area contributed by atoms with Crippen molar-refractivity contribution in [3.63, 3.8) is 0 Å². The van der Waals surface area contributed by atoms with Gasteiger partial charge in [-0.1, -0.05) is 37.3 Å². The van der Waals surface area contributed by atoms with Crippen LogP contribution in [0.4, 0.5) is 5.82 Å². The number of rotatable bonds is 3. The Morgan fingerprint density at radius 1 is 1.45 bits per heavy atom. The minimum absolute atomic E-state index is 0.0793. The molecule has 5 nitrogen and oxygen atoms in total. The van der Waals surface area contributed by atoms with E-state index in [2.05, 4.69) is 27.9 Å². The number of aromatic nitrogens is 2. The van der Waals surface area contributed by atoms with Gasteiger partial charge in [0.15, 0.2) is 0 Å². The molecule has 0 unspecified atom stereocenters. The van der Waals surface area contributed by atoms with E-state index in [4.69, 9.17) is 0 Å². The second-order valence-corrected chi connectivity index (χ2v) is 4.89. The molecule has 20 heavy (non-hydrogen) atoms. The molecule has 2 aromatic rings. The van der Waals surface area contributed by atoms with Crippen molar-refractivity contribution in [1.82, 2.24) is 15.1 Å². The standard InChI is InChI=1S/C15H18N4O/c1-3-11-13(15(20)16-2)14-17-12(9-19(14)18-11)10-7-5-4-6-8-10/h4-8,12,17H,3,9H2,1-2H3,(H,16,20)/t12-/m1/s1. The summed E-state index contributed by atoms with van der Waals surface area (Å²) in [4.78, 5) is 12.1. The first kappa shape index (κ1) is 12.7. The minimum atomic E-state index is -0.0793. The lowest BCUT2D eigenvalue weighted by molar-refractivity contribution is 0.0963. The summed E-state index contributed by atoms with van der Waals surface area (Å²) in [5.74, 6) is 0.749. The zero-order valence-corrected chi connectivity index (χ0v) is 11.7. The van der Waals surface area contributed by atoms with Crippen molar-refractivity contribution in [3.8, 4) is 0 Å². The summed E-state index contributed by atoms with van der Waals surface area (Å²) in [6, 6.07) is 10.4. The van der Waals surface area contributed by atoms with Gasteiger partial charge in [0.25, 0.3) is 5.91 Å². The molecule has 1 aromatic carbocycles. The molecule has 0 fully saturated rings. The maximum absolute atomic E-state index is 12.1. The zero-order valence-electron chi connectivity index (χ0n) is 11.7. The van der Waals surface area contributed by atoms with Gasteiger partial charge in [-0.2, -0.15) is 5.10 Å². The van der Waals surface area contributed by atoms with Crippen LogP contribution in [0.15, 0.2) is 30.3 Å². The fourth-order valence-electron chi connectivity index (χ4n) is 2.66. The third-order valence-electron chi connectivity index (χ3n) is 3.68. The lowest BCUT2D eigenvalue weighted by Gasteiger charge is -2.11. The van der Waals surface area contributed by atoms with Crippen molar-refractivity contribution in [1.29, 1.82) is 0 Å². The Hall–Kier alpha value is -2.30. The largest absolute Gasteiger partial charge is 0.361 e. The number of nitrogens with zero attached hydrogens (tertiary/aromatic N) is 2. The molecule has 2 heterocycles. The predicted octanol–water partition coefficient (Wildman–Crippen LogP) is 1.97. The molecular formula is C15H18N4O. The first-order valence-electron chi connectivity index (χ1n) is 6.87. The minimum Gasteiger partial charge on any atom is -0.361 e. The highest BCUT2D eigenvalue weighted by Crippen LogP contribution is 2.33. The van der Waals surface area contributed by atoms with Crippen LogP contribution in [0.25, 0.3) is 0 Å². The number of aryl methyl sites for hydroxylation is 1. The fourth-order valence-corrected chi connectivity index (χ4v) is 2.66. The Labute approximate surface area is 118 Å². The van der Waals surface area contributed by atoms with Crippen LogP contribution in [-0.4, -0.2) is 22.7 Å². The van der Waals surface area contributed by atoms with Crippen molar-refractivity contribution in [2.75, 3.05) is 12.4 Å². The van der Waals surface area contributed by atoms with E-state index in [-0.39, 0.29) is 11.9 Å². The Balaban J connectivity index is 1.95. The van der Waals surface area contributed by atoms with E-state index in [1.54, 1.807) is 7.05 Å². The number of carbonyl (C=O) groups is 1. The first-order chi connectivity index (χ1) is 9.74. The number of carbonyl (C=O) groups excluding carboxylic acids is 1. The molecule has 0 saturated heterocycles. The molecule has 0 aliphatic carbocycles. The Morgan fingerprint density at radius 2 is 2.20 bits per heavy atom. The van der Waals surface area contributed by atoms with Crippen LogP contribution in [0.3, 0.4) is 0 Å². The van der Waals surface area contributed by atoms with Crippen LogP contribution in [0, 0.1) is 0 Å². The van der Waals surface area contributed by atoms with Gasteiger partial charge in [-0.05, 0) is 12.0 Å². The molecule has 5 heteroatoms. The zero-order chi connectivity index (χ0) is 14.1. The van der Waals surface area contributed by atoms with Crippen molar-refractivity contribution in [2.45, 2.75) is 25.9 Å². The molecule has 0 spiro atoms. The van der Waals surface area contributed by atoms with Gasteiger partial charge in [0.1, 0.15) is 11.4 Å². The van der Waals surface area contributed by atoms with Gasteiger partial charge in [-0.15, -0.1) is 0 Å². The summed E-state index contributed by atoms with van der Waals surface area (Å²) < 4.78 is 1.90. The number of hydrogen-bond donors (Lipinski definition) is 2. The number of nitrogens with one attached hydrogen (secondary N) is 2. The highest BCUT2D eigenvalue weighted by atomic mass is 16.1. The summed E-state index contributed by atoms with van der Waals surface area (Å²) in [6.07, 6.45) is 0.750.